The smallest absolute Gasteiger partial charge is 0.357 e. The second kappa shape index (κ2) is 15.5. The number of aryl methyl sites for hydroxylation is 2. The molecule has 3 aromatic carbocycles. The predicted molar refractivity (Wildman–Crippen MR) is 185 cm³/mol. The van der Waals surface area contributed by atoms with Crippen molar-refractivity contribution in [1.29, 1.82) is 0 Å². The van der Waals surface area contributed by atoms with Crippen LogP contribution in [0.1, 0.15) is 66.4 Å². The molecule has 2 amide bonds. The van der Waals surface area contributed by atoms with Crippen molar-refractivity contribution in [2.75, 3.05) is 19.5 Å². The molecule has 0 bridgehead atoms. The zero-order valence-corrected chi connectivity index (χ0v) is 28.3. The number of carbonyl (C=O) groups excluding carboxylic acids is 2. The number of nitrogens with one attached hydrogen (secondary N) is 2. The SMILES string of the molecule is COc1cccc(CNc2ccc(CCC(C)NC(=O)c3cc(C(=O)N(C)Cc4nc(C)cs4)cc(-c4nc(C(=O)O)co4)c3)cc2O)c1. The zero-order chi connectivity index (χ0) is 35.1. The molecule has 49 heavy (non-hydrogen) atoms. The molecule has 2 aromatic heterocycles. The van der Waals surface area contributed by atoms with Gasteiger partial charge in [0.05, 0.1) is 19.3 Å². The first kappa shape index (κ1) is 34.6. The van der Waals surface area contributed by atoms with E-state index in [1.54, 1.807) is 20.2 Å². The number of phenolic OH excluding ortho intramolecular Hbond substituents is 1. The molecule has 0 aliphatic heterocycles. The zero-order valence-electron chi connectivity index (χ0n) is 27.5. The van der Waals surface area contributed by atoms with Crippen LogP contribution in [0.15, 0.2) is 76.7 Å². The van der Waals surface area contributed by atoms with Gasteiger partial charge in [0.25, 0.3) is 11.8 Å². The highest BCUT2D eigenvalue weighted by Crippen LogP contribution is 2.27. The van der Waals surface area contributed by atoms with Crippen molar-refractivity contribution < 1.29 is 33.8 Å². The number of methoxy groups -OCH3 is 1. The molecule has 0 spiro atoms. The van der Waals surface area contributed by atoms with E-state index in [9.17, 15) is 24.6 Å². The number of aromatic nitrogens is 2. The van der Waals surface area contributed by atoms with E-state index in [-0.39, 0.29) is 52.5 Å². The van der Waals surface area contributed by atoms with Crippen molar-refractivity contribution in [3.8, 4) is 23.0 Å². The van der Waals surface area contributed by atoms with Crippen LogP contribution in [0, 0.1) is 6.92 Å². The van der Waals surface area contributed by atoms with Gasteiger partial charge in [-0.05, 0) is 80.3 Å². The molecule has 0 aliphatic rings. The summed E-state index contributed by atoms with van der Waals surface area (Å²) in [5.74, 6) is -1.20. The quantitative estimate of drug-likeness (QED) is 0.0997. The van der Waals surface area contributed by atoms with Crippen LogP contribution in [0.5, 0.6) is 11.5 Å². The molecule has 0 saturated carbocycles. The topological polar surface area (TPSA) is 167 Å². The van der Waals surface area contributed by atoms with Crippen LogP contribution in [0.3, 0.4) is 0 Å². The summed E-state index contributed by atoms with van der Waals surface area (Å²) < 4.78 is 10.7. The van der Waals surface area contributed by atoms with Crippen molar-refractivity contribution in [1.82, 2.24) is 20.2 Å². The minimum absolute atomic E-state index is 0.0337. The normalized spacial score (nSPS) is 11.5. The highest BCUT2D eigenvalue weighted by molar-refractivity contribution is 7.09. The van der Waals surface area contributed by atoms with E-state index in [0.717, 1.165) is 33.8 Å². The van der Waals surface area contributed by atoms with E-state index in [1.165, 1.54) is 34.4 Å². The van der Waals surface area contributed by atoms with Crippen molar-refractivity contribution in [3.63, 3.8) is 0 Å². The molecule has 2 heterocycles. The molecule has 13 heteroatoms. The molecule has 1 unspecified atom stereocenters. The molecule has 12 nitrogen and oxygen atoms in total. The summed E-state index contributed by atoms with van der Waals surface area (Å²) in [5, 5.41) is 28.8. The number of hydrogen-bond donors (Lipinski definition) is 4. The number of amides is 2. The van der Waals surface area contributed by atoms with Gasteiger partial charge in [-0.15, -0.1) is 11.3 Å². The maximum Gasteiger partial charge on any atom is 0.357 e. The number of ether oxygens (including phenoxy) is 1. The first-order valence-corrected chi connectivity index (χ1v) is 16.4. The van der Waals surface area contributed by atoms with Gasteiger partial charge < -0.3 is 34.9 Å². The summed E-state index contributed by atoms with van der Waals surface area (Å²) in [5.41, 5.74) is 3.75. The Balaban J connectivity index is 1.25. The second-order valence-corrected chi connectivity index (χ2v) is 12.6. The molecular weight excluding hydrogens is 646 g/mol. The van der Waals surface area contributed by atoms with Gasteiger partial charge in [-0.25, -0.2) is 14.8 Å². The van der Waals surface area contributed by atoms with E-state index in [0.29, 0.717) is 25.1 Å². The lowest BCUT2D eigenvalue weighted by Crippen LogP contribution is -2.33. The van der Waals surface area contributed by atoms with E-state index < -0.39 is 11.9 Å². The summed E-state index contributed by atoms with van der Waals surface area (Å²) in [6.45, 7) is 4.54. The van der Waals surface area contributed by atoms with Crippen molar-refractivity contribution in [3.05, 3.63) is 111 Å². The van der Waals surface area contributed by atoms with Gasteiger partial charge in [-0.2, -0.15) is 0 Å². The number of anilines is 1. The fraction of sp³-hybridized carbons (Fsp3) is 0.250. The molecule has 0 saturated heterocycles. The van der Waals surface area contributed by atoms with E-state index >= 15 is 0 Å². The van der Waals surface area contributed by atoms with Crippen LogP contribution in [0.4, 0.5) is 5.69 Å². The fourth-order valence-corrected chi connectivity index (χ4v) is 5.93. The highest BCUT2D eigenvalue weighted by atomic mass is 32.1. The summed E-state index contributed by atoms with van der Waals surface area (Å²) in [7, 11) is 3.26. The summed E-state index contributed by atoms with van der Waals surface area (Å²) in [6.07, 6.45) is 2.17. The van der Waals surface area contributed by atoms with Gasteiger partial charge in [-0.3, -0.25) is 9.59 Å². The maximum absolute atomic E-state index is 13.5. The number of thiazole rings is 1. The Kier molecular flexibility index (Phi) is 10.9. The minimum Gasteiger partial charge on any atom is -0.506 e. The third kappa shape index (κ3) is 9.02. The van der Waals surface area contributed by atoms with Gasteiger partial charge in [0.2, 0.25) is 5.89 Å². The Hall–Kier alpha value is -5.69. The predicted octanol–water partition coefficient (Wildman–Crippen LogP) is 6.15. The van der Waals surface area contributed by atoms with Crippen LogP contribution in [-0.4, -0.2) is 63.1 Å². The Labute approximate surface area is 287 Å². The van der Waals surface area contributed by atoms with Crippen LogP contribution >= 0.6 is 11.3 Å². The molecule has 0 radical (unpaired) electrons. The monoisotopic (exact) mass is 683 g/mol. The number of aromatic carboxylic acids is 1. The van der Waals surface area contributed by atoms with Gasteiger partial charge in [0, 0.05) is 47.4 Å². The van der Waals surface area contributed by atoms with Gasteiger partial charge >= 0.3 is 5.97 Å². The number of hydrogen-bond acceptors (Lipinski definition) is 10. The third-order valence-corrected chi connectivity index (χ3v) is 8.67. The summed E-state index contributed by atoms with van der Waals surface area (Å²) in [6, 6.07) is 17.4. The molecular formula is C36H37N5O7S. The third-order valence-electron chi connectivity index (χ3n) is 7.72. The Morgan fingerprint density at radius 1 is 1.04 bits per heavy atom. The first-order chi connectivity index (χ1) is 23.5. The molecule has 1 atom stereocenters. The van der Waals surface area contributed by atoms with Gasteiger partial charge in [0.15, 0.2) is 5.69 Å². The lowest BCUT2D eigenvalue weighted by atomic mass is 10.0. The minimum atomic E-state index is -1.26. The van der Waals surface area contributed by atoms with Gasteiger partial charge in [-0.1, -0.05) is 18.2 Å². The number of carboxylic acid groups (broad SMARTS) is 1. The number of carboxylic acids is 1. The average Bonchev–Trinajstić information content (AvgIpc) is 3.76. The maximum atomic E-state index is 13.5. The number of aromatic hydroxyl groups is 1. The van der Waals surface area contributed by atoms with E-state index in [2.05, 4.69) is 20.6 Å². The van der Waals surface area contributed by atoms with Crippen LogP contribution in [0.2, 0.25) is 0 Å². The summed E-state index contributed by atoms with van der Waals surface area (Å²) in [4.78, 5) is 48.3. The summed E-state index contributed by atoms with van der Waals surface area (Å²) >= 11 is 1.45. The number of rotatable bonds is 14. The number of nitrogens with zero attached hydrogens (tertiary/aromatic N) is 3. The fourth-order valence-electron chi connectivity index (χ4n) is 5.10. The molecule has 254 valence electrons. The molecule has 4 N–H and O–H groups in total. The van der Waals surface area contributed by atoms with E-state index in [1.807, 2.05) is 55.6 Å². The second-order valence-electron chi connectivity index (χ2n) is 11.7. The largest absolute Gasteiger partial charge is 0.506 e. The molecule has 5 rings (SSSR count). The Bertz CT molecular complexity index is 1970. The van der Waals surface area contributed by atoms with Gasteiger partial charge in [0.1, 0.15) is 22.8 Å². The van der Waals surface area contributed by atoms with Crippen molar-refractivity contribution in [2.45, 2.75) is 45.8 Å². The van der Waals surface area contributed by atoms with Crippen LogP contribution in [-0.2, 0) is 19.5 Å². The Morgan fingerprint density at radius 2 is 1.84 bits per heavy atom. The molecule has 5 aromatic rings. The number of carbonyl (C=O) groups is 3. The lowest BCUT2D eigenvalue weighted by molar-refractivity contribution is 0.0689. The highest BCUT2D eigenvalue weighted by Gasteiger charge is 2.21. The number of phenols is 1. The first-order valence-electron chi connectivity index (χ1n) is 15.5. The standard InChI is InChI=1S/C36H37N5O7S/c1-21(8-9-23-10-11-29(31(42)13-23)37-17-24-6-5-7-28(12-24)47-4)39-33(43)25-14-26(34-40-30(19-48-34)36(45)46)16-27(15-25)35(44)41(3)18-32-38-22(2)20-49-32/h5-7,10-16,19-21,37,42H,8-9,17-18H2,1-4H3,(H,39,43)(H,45,46). The van der Waals surface area contributed by atoms with Crippen LogP contribution in [0.25, 0.3) is 11.5 Å². The molecule has 0 aliphatic carbocycles. The number of oxazole rings is 1. The van der Waals surface area contributed by atoms with Crippen molar-refractivity contribution in [2.24, 2.45) is 0 Å². The number of benzene rings is 3. The lowest BCUT2D eigenvalue weighted by Gasteiger charge is -2.18. The van der Waals surface area contributed by atoms with Crippen molar-refractivity contribution >= 4 is 34.8 Å². The Morgan fingerprint density at radius 3 is 2.53 bits per heavy atom. The van der Waals surface area contributed by atoms with E-state index in [4.69, 9.17) is 9.15 Å². The molecule has 0 fully saturated rings. The average molecular weight is 684 g/mol. The van der Waals surface area contributed by atoms with Crippen LogP contribution < -0.4 is 15.4 Å².